The van der Waals surface area contributed by atoms with Crippen LogP contribution in [-0.4, -0.2) is 26.2 Å². The van der Waals surface area contributed by atoms with Crippen LogP contribution in [0.3, 0.4) is 0 Å². The Morgan fingerprint density at radius 3 is 2.65 bits per heavy atom. The summed E-state index contributed by atoms with van der Waals surface area (Å²) in [6.07, 6.45) is -0.713. The van der Waals surface area contributed by atoms with Gasteiger partial charge in [0.05, 0.1) is 5.56 Å². The molecule has 0 bridgehead atoms. The molecule has 0 amide bonds. The predicted octanol–water partition coefficient (Wildman–Crippen LogP) is 1.13. The first-order valence-electron chi connectivity index (χ1n) is 5.03. The minimum atomic E-state index is -3.67. The zero-order valence-electron chi connectivity index (χ0n) is 9.38. The van der Waals surface area contributed by atoms with Crippen LogP contribution in [0.4, 0.5) is 0 Å². The van der Waals surface area contributed by atoms with Crippen LogP contribution in [0.2, 0.25) is 0 Å². The molecule has 0 aliphatic carbocycles. The molecule has 0 aromatic heterocycles. The van der Waals surface area contributed by atoms with Gasteiger partial charge in [0.1, 0.15) is 4.90 Å². The normalized spacial score (nSPS) is 18.1. The fraction of sp³-hybridized carbons (Fsp3) is 0.273. The van der Waals surface area contributed by atoms with Gasteiger partial charge in [-0.05, 0) is 26.0 Å². The average Bonchev–Trinajstić information content (AvgIpc) is 2.51. The van der Waals surface area contributed by atoms with Crippen LogP contribution in [0.25, 0.3) is 0 Å². The third kappa shape index (κ3) is 2.08. The third-order valence-electron chi connectivity index (χ3n) is 2.46. The molecule has 0 spiro atoms. The van der Waals surface area contributed by atoms with Crippen molar-refractivity contribution in [2.75, 3.05) is 0 Å². The molecule has 1 heterocycles. The summed E-state index contributed by atoms with van der Waals surface area (Å²) in [5.74, 6) is -0.197. The minimum Gasteiger partial charge on any atom is -0.466 e. The molecule has 0 saturated carbocycles. The van der Waals surface area contributed by atoms with E-state index in [0.29, 0.717) is 5.56 Å². The van der Waals surface area contributed by atoms with Crippen molar-refractivity contribution in [2.24, 2.45) is 4.40 Å². The minimum absolute atomic E-state index is 0.0108. The van der Waals surface area contributed by atoms with Gasteiger partial charge in [0.2, 0.25) is 5.90 Å². The zero-order chi connectivity index (χ0) is 12.6. The highest BCUT2D eigenvalue weighted by Crippen LogP contribution is 2.26. The number of ether oxygens (including phenoxy) is 1. The van der Waals surface area contributed by atoms with Crippen LogP contribution in [-0.2, 0) is 19.6 Å². The maximum atomic E-state index is 11.7. The number of nitrogens with zero attached hydrogens (tertiary/aromatic N) is 1. The molecule has 90 valence electrons. The van der Waals surface area contributed by atoms with E-state index in [4.69, 9.17) is 4.74 Å². The maximum Gasteiger partial charge on any atom is 0.286 e. The van der Waals surface area contributed by atoms with Crippen molar-refractivity contribution in [1.29, 1.82) is 0 Å². The van der Waals surface area contributed by atoms with Gasteiger partial charge in [-0.15, -0.1) is 4.40 Å². The lowest BCUT2D eigenvalue weighted by Crippen LogP contribution is -2.21. The van der Waals surface area contributed by atoms with Gasteiger partial charge in [0.25, 0.3) is 10.0 Å². The quantitative estimate of drug-likeness (QED) is 0.792. The standard InChI is InChI=1S/C11H11NO4S/c1-7(13)8(2)16-11-9-5-3-4-6-10(9)17(14,15)12-11/h3-6,8H,1-2H3/t8-/m1/s1. The van der Waals surface area contributed by atoms with Crippen molar-refractivity contribution in [3.63, 3.8) is 0 Å². The third-order valence-corrected chi connectivity index (χ3v) is 3.78. The summed E-state index contributed by atoms with van der Waals surface area (Å²) in [5.41, 5.74) is 0.403. The molecule has 1 aromatic carbocycles. The summed E-state index contributed by atoms with van der Waals surface area (Å²) < 4.78 is 32.1. The molecule has 1 aromatic rings. The van der Waals surface area contributed by atoms with Crippen molar-refractivity contribution in [1.82, 2.24) is 0 Å². The highest BCUT2D eigenvalue weighted by atomic mass is 32.2. The first-order chi connectivity index (χ1) is 7.92. The smallest absolute Gasteiger partial charge is 0.286 e. The molecule has 0 unspecified atom stereocenters. The number of ketones is 1. The number of carbonyl (C=O) groups is 1. The summed E-state index contributed by atoms with van der Waals surface area (Å²) in [4.78, 5) is 11.2. The van der Waals surface area contributed by atoms with Crippen LogP contribution in [0, 0.1) is 0 Å². The van der Waals surface area contributed by atoms with E-state index < -0.39 is 16.1 Å². The number of hydrogen-bond acceptors (Lipinski definition) is 4. The molecule has 6 heteroatoms. The Morgan fingerprint density at radius 2 is 2.00 bits per heavy atom. The number of hydrogen-bond donors (Lipinski definition) is 0. The van der Waals surface area contributed by atoms with Gasteiger partial charge in [0.15, 0.2) is 11.9 Å². The Hall–Kier alpha value is -1.69. The second kappa shape index (κ2) is 3.96. The summed E-state index contributed by atoms with van der Waals surface area (Å²) in [6, 6.07) is 6.37. The van der Waals surface area contributed by atoms with Crippen LogP contribution in [0.15, 0.2) is 33.6 Å². The summed E-state index contributed by atoms with van der Waals surface area (Å²) >= 11 is 0. The Labute approximate surface area is 99.2 Å². The summed E-state index contributed by atoms with van der Waals surface area (Å²) in [5, 5.41) is 0. The number of fused-ring (bicyclic) bond motifs is 1. The molecule has 0 saturated heterocycles. The largest absolute Gasteiger partial charge is 0.466 e. The van der Waals surface area contributed by atoms with E-state index in [1.165, 1.54) is 13.0 Å². The van der Waals surface area contributed by atoms with Crippen molar-refractivity contribution >= 4 is 21.7 Å². The number of carbonyl (C=O) groups excluding carboxylic acids is 1. The number of sulfonamides is 1. The molecule has 1 aliphatic heterocycles. The number of rotatable bonds is 2. The average molecular weight is 253 g/mol. The molecular formula is C11H11NO4S. The van der Waals surface area contributed by atoms with Crippen LogP contribution in [0.5, 0.6) is 0 Å². The van der Waals surface area contributed by atoms with Gasteiger partial charge in [-0.3, -0.25) is 4.79 Å². The van der Waals surface area contributed by atoms with Crippen LogP contribution >= 0.6 is 0 Å². The fourth-order valence-electron chi connectivity index (χ4n) is 1.41. The monoisotopic (exact) mass is 253 g/mol. The van der Waals surface area contributed by atoms with E-state index in [0.717, 1.165) is 0 Å². The molecule has 1 atom stereocenters. The molecule has 1 aliphatic rings. The van der Waals surface area contributed by atoms with Crippen molar-refractivity contribution in [2.45, 2.75) is 24.8 Å². The van der Waals surface area contributed by atoms with E-state index >= 15 is 0 Å². The lowest BCUT2D eigenvalue weighted by molar-refractivity contribution is -0.123. The Kier molecular flexibility index (Phi) is 2.74. The molecule has 17 heavy (non-hydrogen) atoms. The summed E-state index contributed by atoms with van der Waals surface area (Å²) in [6.45, 7) is 2.93. The van der Waals surface area contributed by atoms with Crippen molar-refractivity contribution in [3.05, 3.63) is 29.8 Å². The second-order valence-corrected chi connectivity index (χ2v) is 5.31. The van der Waals surface area contributed by atoms with Crippen molar-refractivity contribution in [3.8, 4) is 0 Å². The first-order valence-corrected chi connectivity index (χ1v) is 6.47. The van der Waals surface area contributed by atoms with Crippen LogP contribution in [0.1, 0.15) is 19.4 Å². The Morgan fingerprint density at radius 1 is 1.35 bits per heavy atom. The predicted molar refractivity (Wildman–Crippen MR) is 61.4 cm³/mol. The van der Waals surface area contributed by atoms with Gasteiger partial charge in [-0.1, -0.05) is 12.1 Å². The lowest BCUT2D eigenvalue weighted by atomic mass is 10.2. The van der Waals surface area contributed by atoms with E-state index in [1.54, 1.807) is 25.1 Å². The lowest BCUT2D eigenvalue weighted by Gasteiger charge is -2.10. The van der Waals surface area contributed by atoms with E-state index in [1.807, 2.05) is 0 Å². The zero-order valence-corrected chi connectivity index (χ0v) is 10.2. The Balaban J connectivity index is 2.42. The first kappa shape index (κ1) is 11.8. The van der Waals surface area contributed by atoms with Gasteiger partial charge < -0.3 is 4.74 Å². The summed E-state index contributed by atoms with van der Waals surface area (Å²) in [7, 11) is -3.67. The Bertz CT molecular complexity index is 604. The van der Waals surface area contributed by atoms with Gasteiger partial charge in [-0.2, -0.15) is 8.42 Å². The second-order valence-electron chi connectivity index (χ2n) is 3.74. The van der Waals surface area contributed by atoms with Gasteiger partial charge in [0, 0.05) is 0 Å². The molecule has 5 nitrogen and oxygen atoms in total. The van der Waals surface area contributed by atoms with Crippen LogP contribution < -0.4 is 0 Å². The van der Waals surface area contributed by atoms with E-state index in [2.05, 4.69) is 4.40 Å². The van der Waals surface area contributed by atoms with E-state index in [-0.39, 0.29) is 16.6 Å². The fourth-order valence-corrected chi connectivity index (χ4v) is 2.55. The molecule has 0 fully saturated rings. The SMILES string of the molecule is CC(=O)[C@@H](C)OC1=NS(=O)(=O)c2ccccc21. The topological polar surface area (TPSA) is 72.8 Å². The van der Waals surface area contributed by atoms with Gasteiger partial charge in [-0.25, -0.2) is 0 Å². The highest BCUT2D eigenvalue weighted by molar-refractivity contribution is 7.90. The van der Waals surface area contributed by atoms with E-state index in [9.17, 15) is 13.2 Å². The highest BCUT2D eigenvalue weighted by Gasteiger charge is 2.30. The molecule has 0 N–H and O–H groups in total. The van der Waals surface area contributed by atoms with Gasteiger partial charge >= 0.3 is 0 Å². The molecule has 0 radical (unpaired) electrons. The number of benzene rings is 1. The van der Waals surface area contributed by atoms with Crippen molar-refractivity contribution < 1.29 is 17.9 Å². The maximum absolute atomic E-state index is 11.7. The number of Topliss-reactive ketones (excluding diaryl/α,β-unsaturated/α-hetero) is 1. The molecular weight excluding hydrogens is 242 g/mol. The molecule has 2 rings (SSSR count).